The highest BCUT2D eigenvalue weighted by atomic mass is 14.9. The first-order valence-electron chi connectivity index (χ1n) is 6.25. The molecule has 1 heteroatoms. The van der Waals surface area contributed by atoms with E-state index >= 15 is 0 Å². The molecule has 0 unspecified atom stereocenters. The van der Waals surface area contributed by atoms with Crippen molar-refractivity contribution in [3.8, 4) is 0 Å². The topological polar surface area (TPSA) is 12.0 Å². The Labute approximate surface area is 105 Å². The Morgan fingerprint density at radius 2 is 1.88 bits per heavy atom. The smallest absolute Gasteiger partial charge is 0.0397 e. The van der Waals surface area contributed by atoms with E-state index in [1.54, 1.807) is 0 Å². The molecule has 0 amide bonds. The monoisotopic (exact) mass is 229 g/mol. The largest absolute Gasteiger partial charge is 0.381 e. The van der Waals surface area contributed by atoms with Crippen molar-refractivity contribution in [3.63, 3.8) is 0 Å². The van der Waals surface area contributed by atoms with Gasteiger partial charge >= 0.3 is 0 Å². The Morgan fingerprint density at radius 1 is 1.24 bits per heavy atom. The molecule has 0 heterocycles. The van der Waals surface area contributed by atoms with Crippen molar-refractivity contribution in [3.05, 3.63) is 53.6 Å². The van der Waals surface area contributed by atoms with Crippen LogP contribution >= 0.6 is 0 Å². The Balaban J connectivity index is 2.51. The van der Waals surface area contributed by atoms with Gasteiger partial charge in [-0.1, -0.05) is 49.8 Å². The molecule has 0 atom stereocenters. The van der Waals surface area contributed by atoms with Crippen LogP contribution in [0.15, 0.2) is 48.1 Å². The minimum Gasteiger partial charge on any atom is -0.381 e. The average Bonchev–Trinajstić information content (AvgIpc) is 2.31. The fourth-order valence-electron chi connectivity index (χ4n) is 1.45. The van der Waals surface area contributed by atoms with Gasteiger partial charge in [-0.3, -0.25) is 0 Å². The predicted molar refractivity (Wildman–Crippen MR) is 77.4 cm³/mol. The van der Waals surface area contributed by atoms with Crippen LogP contribution in [0.1, 0.15) is 26.3 Å². The van der Waals surface area contributed by atoms with Crippen molar-refractivity contribution in [1.29, 1.82) is 0 Å². The van der Waals surface area contributed by atoms with E-state index in [0.29, 0.717) is 5.92 Å². The summed E-state index contributed by atoms with van der Waals surface area (Å²) >= 11 is 0. The summed E-state index contributed by atoms with van der Waals surface area (Å²) < 4.78 is 0. The molecule has 1 aromatic rings. The lowest BCUT2D eigenvalue weighted by atomic mass is 10.1. The number of anilines is 1. The molecule has 1 aromatic carbocycles. The summed E-state index contributed by atoms with van der Waals surface area (Å²) in [5.74, 6) is 0.601. The number of benzene rings is 1. The standard InChI is InChI=1S/C16H23N/c1-5-15(9-6-13(2)3)12-17-16-10-7-14(4)8-11-16/h5-11,13,17H,12H2,1-4H3/b9-6-,15-5+. The Morgan fingerprint density at radius 3 is 2.41 bits per heavy atom. The molecule has 0 fully saturated rings. The van der Waals surface area contributed by atoms with E-state index < -0.39 is 0 Å². The zero-order chi connectivity index (χ0) is 12.7. The molecule has 0 saturated carbocycles. The van der Waals surface area contributed by atoms with Crippen LogP contribution in [0, 0.1) is 12.8 Å². The summed E-state index contributed by atoms with van der Waals surface area (Å²) in [7, 11) is 0. The number of hydrogen-bond acceptors (Lipinski definition) is 1. The van der Waals surface area contributed by atoms with Gasteiger partial charge in [0.1, 0.15) is 0 Å². The van der Waals surface area contributed by atoms with Crippen LogP contribution in [-0.2, 0) is 0 Å². The van der Waals surface area contributed by atoms with E-state index in [2.05, 4.69) is 75.5 Å². The zero-order valence-corrected chi connectivity index (χ0v) is 11.3. The maximum absolute atomic E-state index is 3.43. The average molecular weight is 229 g/mol. The molecule has 17 heavy (non-hydrogen) atoms. The normalized spacial score (nSPS) is 12.4. The third-order valence-electron chi connectivity index (χ3n) is 2.61. The Kier molecular flexibility index (Phi) is 5.55. The summed E-state index contributed by atoms with van der Waals surface area (Å²) in [6.45, 7) is 9.44. The van der Waals surface area contributed by atoms with Crippen molar-refractivity contribution >= 4 is 5.69 Å². The summed E-state index contributed by atoms with van der Waals surface area (Å²) in [4.78, 5) is 0. The number of allylic oxidation sites excluding steroid dienone is 2. The Hall–Kier alpha value is -1.50. The molecule has 0 bridgehead atoms. The van der Waals surface area contributed by atoms with E-state index in [1.165, 1.54) is 16.8 Å². The van der Waals surface area contributed by atoms with Crippen molar-refractivity contribution in [2.24, 2.45) is 5.92 Å². The van der Waals surface area contributed by atoms with Crippen molar-refractivity contribution in [1.82, 2.24) is 0 Å². The van der Waals surface area contributed by atoms with E-state index in [-0.39, 0.29) is 0 Å². The molecule has 1 nitrogen and oxygen atoms in total. The van der Waals surface area contributed by atoms with Gasteiger partial charge < -0.3 is 5.32 Å². The molecule has 92 valence electrons. The number of hydrogen-bond donors (Lipinski definition) is 1. The van der Waals surface area contributed by atoms with Crippen LogP contribution in [0.3, 0.4) is 0 Å². The number of rotatable bonds is 5. The Bertz CT molecular complexity index is 382. The highest BCUT2D eigenvalue weighted by Gasteiger charge is 1.94. The molecular formula is C16H23N. The number of aryl methyl sites for hydroxylation is 1. The first-order valence-corrected chi connectivity index (χ1v) is 6.25. The van der Waals surface area contributed by atoms with Gasteiger partial charge in [0.05, 0.1) is 0 Å². The van der Waals surface area contributed by atoms with Crippen molar-refractivity contribution in [2.45, 2.75) is 27.7 Å². The van der Waals surface area contributed by atoms with Gasteiger partial charge in [0.2, 0.25) is 0 Å². The molecule has 1 N–H and O–H groups in total. The second-order valence-corrected chi connectivity index (χ2v) is 4.69. The van der Waals surface area contributed by atoms with Crippen LogP contribution in [0.5, 0.6) is 0 Å². The van der Waals surface area contributed by atoms with E-state index in [0.717, 1.165) is 6.54 Å². The lowest BCUT2D eigenvalue weighted by molar-refractivity contribution is 0.830. The minimum atomic E-state index is 0.601. The van der Waals surface area contributed by atoms with Gasteiger partial charge in [-0.25, -0.2) is 0 Å². The lowest BCUT2D eigenvalue weighted by Gasteiger charge is -2.07. The maximum atomic E-state index is 3.43. The number of nitrogens with one attached hydrogen (secondary N) is 1. The van der Waals surface area contributed by atoms with Crippen LogP contribution in [0.4, 0.5) is 5.69 Å². The fraction of sp³-hybridized carbons (Fsp3) is 0.375. The van der Waals surface area contributed by atoms with Crippen LogP contribution in [-0.4, -0.2) is 6.54 Å². The highest BCUT2D eigenvalue weighted by molar-refractivity contribution is 5.46. The quantitative estimate of drug-likeness (QED) is 0.729. The van der Waals surface area contributed by atoms with E-state index in [1.807, 2.05) is 0 Å². The third-order valence-corrected chi connectivity index (χ3v) is 2.61. The minimum absolute atomic E-state index is 0.601. The fourth-order valence-corrected chi connectivity index (χ4v) is 1.45. The van der Waals surface area contributed by atoms with Crippen molar-refractivity contribution in [2.75, 3.05) is 11.9 Å². The summed E-state index contributed by atoms with van der Waals surface area (Å²) in [5, 5.41) is 3.43. The van der Waals surface area contributed by atoms with E-state index in [4.69, 9.17) is 0 Å². The summed E-state index contributed by atoms with van der Waals surface area (Å²) in [6.07, 6.45) is 6.58. The first kappa shape index (κ1) is 13.6. The van der Waals surface area contributed by atoms with Crippen LogP contribution < -0.4 is 5.32 Å². The molecular weight excluding hydrogens is 206 g/mol. The third kappa shape index (κ3) is 5.39. The first-order chi connectivity index (χ1) is 8.11. The van der Waals surface area contributed by atoms with Crippen molar-refractivity contribution < 1.29 is 0 Å². The molecule has 0 aliphatic carbocycles. The van der Waals surface area contributed by atoms with Gasteiger partial charge in [0.25, 0.3) is 0 Å². The molecule has 0 spiro atoms. The summed E-state index contributed by atoms with van der Waals surface area (Å²) in [5.41, 5.74) is 3.79. The molecule has 0 aromatic heterocycles. The van der Waals surface area contributed by atoms with Gasteiger partial charge in [-0.15, -0.1) is 0 Å². The SMILES string of the molecule is C/C=C(\C=C/C(C)C)CNc1ccc(C)cc1. The van der Waals surface area contributed by atoms with Gasteiger partial charge in [-0.05, 0) is 37.5 Å². The van der Waals surface area contributed by atoms with Gasteiger partial charge in [0, 0.05) is 12.2 Å². The molecule has 0 aliphatic rings. The second-order valence-electron chi connectivity index (χ2n) is 4.69. The van der Waals surface area contributed by atoms with Gasteiger partial charge in [0.15, 0.2) is 0 Å². The van der Waals surface area contributed by atoms with Gasteiger partial charge in [-0.2, -0.15) is 0 Å². The zero-order valence-electron chi connectivity index (χ0n) is 11.3. The highest BCUT2D eigenvalue weighted by Crippen LogP contribution is 2.10. The molecule has 0 radical (unpaired) electrons. The molecule has 0 aliphatic heterocycles. The second kappa shape index (κ2) is 6.95. The molecule has 0 saturated heterocycles. The maximum Gasteiger partial charge on any atom is 0.0397 e. The van der Waals surface area contributed by atoms with E-state index in [9.17, 15) is 0 Å². The molecule has 1 rings (SSSR count). The lowest BCUT2D eigenvalue weighted by Crippen LogP contribution is -2.03. The summed E-state index contributed by atoms with van der Waals surface area (Å²) in [6, 6.07) is 8.49. The van der Waals surface area contributed by atoms with Crippen LogP contribution in [0.2, 0.25) is 0 Å². The predicted octanol–water partition coefficient (Wildman–Crippen LogP) is 4.57. The van der Waals surface area contributed by atoms with Crippen LogP contribution in [0.25, 0.3) is 0 Å².